The number of hydrogen-bond acceptors (Lipinski definition) is 2. The quantitative estimate of drug-likeness (QED) is 0.688. The molecule has 1 nitrogen and oxygen atoms in total. The van der Waals surface area contributed by atoms with Crippen molar-refractivity contribution in [3.63, 3.8) is 0 Å². The number of fused-ring (bicyclic) bond motifs is 1. The maximum Gasteiger partial charge on any atom is 0.101 e. The van der Waals surface area contributed by atoms with Gasteiger partial charge in [0.05, 0.1) is 16.5 Å². The summed E-state index contributed by atoms with van der Waals surface area (Å²) in [6, 6.07) is 7.67. The molecule has 0 spiro atoms. The Kier molecular flexibility index (Phi) is 2.64. The molecule has 0 unspecified atom stereocenters. The number of rotatable bonds is 1. The van der Waals surface area contributed by atoms with Gasteiger partial charge in [0, 0.05) is 9.58 Å². The fraction of sp³-hybridized carbons (Fsp3) is 0.100. The summed E-state index contributed by atoms with van der Waals surface area (Å²) in [6.45, 7) is 0. The van der Waals surface area contributed by atoms with Gasteiger partial charge in [0.2, 0.25) is 0 Å². The molecule has 2 rings (SSSR count). The summed E-state index contributed by atoms with van der Waals surface area (Å²) >= 11 is 13.2. The molecular formula is C10H5Cl2NS. The molecule has 2 aromatic rings. The lowest BCUT2D eigenvalue weighted by Crippen LogP contribution is -1.74. The Morgan fingerprint density at radius 3 is 2.79 bits per heavy atom. The lowest BCUT2D eigenvalue weighted by Gasteiger charge is -1.93. The van der Waals surface area contributed by atoms with Crippen LogP contribution >= 0.6 is 34.5 Å². The van der Waals surface area contributed by atoms with Gasteiger partial charge in [-0.1, -0.05) is 11.6 Å². The SMILES string of the molecule is N#Cc1cc2sc(CCl)cc2cc1Cl. The zero-order valence-corrected chi connectivity index (χ0v) is 9.38. The van der Waals surface area contributed by atoms with Crippen LogP contribution in [0.3, 0.4) is 0 Å². The molecule has 0 saturated heterocycles. The Balaban J connectivity index is 2.71. The molecule has 0 aliphatic heterocycles. The van der Waals surface area contributed by atoms with Gasteiger partial charge in [-0.15, -0.1) is 22.9 Å². The minimum atomic E-state index is 0.499. The van der Waals surface area contributed by atoms with Crippen LogP contribution in [0, 0.1) is 11.3 Å². The molecule has 0 aliphatic carbocycles. The van der Waals surface area contributed by atoms with Crippen molar-refractivity contribution in [2.75, 3.05) is 0 Å². The van der Waals surface area contributed by atoms with Gasteiger partial charge in [-0.3, -0.25) is 0 Å². The molecule has 0 bridgehead atoms. The van der Waals surface area contributed by atoms with E-state index in [0.29, 0.717) is 16.5 Å². The van der Waals surface area contributed by atoms with E-state index >= 15 is 0 Å². The van der Waals surface area contributed by atoms with Gasteiger partial charge in [-0.2, -0.15) is 5.26 Å². The van der Waals surface area contributed by atoms with Crippen molar-refractivity contribution >= 4 is 44.6 Å². The van der Waals surface area contributed by atoms with Gasteiger partial charge in [0.25, 0.3) is 0 Å². The topological polar surface area (TPSA) is 23.8 Å². The molecule has 0 N–H and O–H groups in total. The summed E-state index contributed by atoms with van der Waals surface area (Å²) in [6.07, 6.45) is 0. The molecule has 14 heavy (non-hydrogen) atoms. The van der Waals surface area contributed by atoms with Crippen LogP contribution in [0.2, 0.25) is 5.02 Å². The first-order valence-corrected chi connectivity index (χ1v) is 5.65. The third-order valence-corrected chi connectivity index (χ3v) is 3.77. The van der Waals surface area contributed by atoms with Crippen molar-refractivity contribution in [3.05, 3.63) is 33.7 Å². The van der Waals surface area contributed by atoms with E-state index in [1.165, 1.54) is 0 Å². The van der Waals surface area contributed by atoms with Crippen LogP contribution in [0.5, 0.6) is 0 Å². The molecule has 1 heterocycles. The van der Waals surface area contributed by atoms with Crippen molar-refractivity contribution in [2.24, 2.45) is 0 Å². The first-order valence-electron chi connectivity index (χ1n) is 3.92. The molecule has 0 aliphatic rings. The van der Waals surface area contributed by atoms with Crippen LogP contribution in [-0.4, -0.2) is 0 Å². The fourth-order valence-corrected chi connectivity index (χ4v) is 2.66. The zero-order chi connectivity index (χ0) is 10.1. The van der Waals surface area contributed by atoms with Crippen LogP contribution in [0.15, 0.2) is 18.2 Å². The highest BCUT2D eigenvalue weighted by atomic mass is 35.5. The summed E-state index contributed by atoms with van der Waals surface area (Å²) in [4.78, 5) is 1.09. The van der Waals surface area contributed by atoms with Gasteiger partial charge in [0.15, 0.2) is 0 Å². The predicted octanol–water partition coefficient (Wildman–Crippen LogP) is 4.17. The standard InChI is InChI=1S/C10H5Cl2NS/c11-4-8-1-6-2-9(12)7(5-13)3-10(6)14-8/h1-3H,4H2. The Labute approximate surface area is 95.5 Å². The van der Waals surface area contributed by atoms with Crippen molar-refractivity contribution in [3.8, 4) is 6.07 Å². The third-order valence-electron chi connectivity index (χ3n) is 1.91. The molecule has 1 aromatic heterocycles. The van der Waals surface area contributed by atoms with Crippen molar-refractivity contribution in [1.29, 1.82) is 5.26 Å². The normalized spacial score (nSPS) is 10.4. The van der Waals surface area contributed by atoms with Gasteiger partial charge in [-0.05, 0) is 23.6 Å². The summed E-state index contributed by atoms with van der Waals surface area (Å²) in [5, 5.41) is 10.3. The Bertz CT molecular complexity index is 525. The van der Waals surface area contributed by atoms with E-state index in [0.717, 1.165) is 15.0 Å². The predicted molar refractivity (Wildman–Crippen MR) is 61.1 cm³/mol. The Morgan fingerprint density at radius 2 is 2.14 bits per heavy atom. The number of thiophene rings is 1. The van der Waals surface area contributed by atoms with E-state index in [2.05, 4.69) is 6.07 Å². The van der Waals surface area contributed by atoms with Gasteiger partial charge in [0.1, 0.15) is 6.07 Å². The summed E-state index contributed by atoms with van der Waals surface area (Å²) in [7, 11) is 0. The number of hydrogen-bond donors (Lipinski definition) is 0. The Hall–Kier alpha value is -0.750. The van der Waals surface area contributed by atoms with Gasteiger partial charge < -0.3 is 0 Å². The van der Waals surface area contributed by atoms with E-state index in [4.69, 9.17) is 28.5 Å². The summed E-state index contributed by atoms with van der Waals surface area (Å²) in [5.41, 5.74) is 0.516. The van der Waals surface area contributed by atoms with Crippen LogP contribution in [0.25, 0.3) is 10.1 Å². The lowest BCUT2D eigenvalue weighted by atomic mass is 10.2. The summed E-state index contributed by atoms with van der Waals surface area (Å²) < 4.78 is 1.06. The van der Waals surface area contributed by atoms with Crippen LogP contribution in [0.4, 0.5) is 0 Å². The van der Waals surface area contributed by atoms with Crippen molar-refractivity contribution < 1.29 is 0 Å². The van der Waals surface area contributed by atoms with Crippen LogP contribution in [-0.2, 0) is 5.88 Å². The highest BCUT2D eigenvalue weighted by Gasteiger charge is 2.05. The van der Waals surface area contributed by atoms with E-state index in [1.807, 2.05) is 12.1 Å². The second-order valence-electron chi connectivity index (χ2n) is 2.83. The molecule has 4 heteroatoms. The molecule has 0 amide bonds. The third kappa shape index (κ3) is 1.59. The number of halogens is 2. The molecule has 0 fully saturated rings. The molecule has 70 valence electrons. The summed E-state index contributed by atoms with van der Waals surface area (Å²) in [5.74, 6) is 0.499. The highest BCUT2D eigenvalue weighted by molar-refractivity contribution is 7.19. The molecule has 1 aromatic carbocycles. The van der Waals surface area contributed by atoms with Crippen LogP contribution in [0.1, 0.15) is 10.4 Å². The number of benzene rings is 1. The van der Waals surface area contributed by atoms with E-state index in [-0.39, 0.29) is 0 Å². The first-order chi connectivity index (χ1) is 6.74. The Morgan fingerprint density at radius 1 is 1.36 bits per heavy atom. The smallest absolute Gasteiger partial charge is 0.101 e. The second kappa shape index (κ2) is 3.78. The minimum Gasteiger partial charge on any atom is -0.192 e. The molecule has 0 saturated carbocycles. The molecular weight excluding hydrogens is 237 g/mol. The van der Waals surface area contributed by atoms with E-state index in [1.54, 1.807) is 17.4 Å². The zero-order valence-electron chi connectivity index (χ0n) is 7.05. The molecule has 0 radical (unpaired) electrons. The molecule has 0 atom stereocenters. The van der Waals surface area contributed by atoms with E-state index in [9.17, 15) is 0 Å². The second-order valence-corrected chi connectivity index (χ2v) is 4.67. The van der Waals surface area contributed by atoms with Crippen LogP contribution < -0.4 is 0 Å². The minimum absolute atomic E-state index is 0.499. The average Bonchev–Trinajstić information content (AvgIpc) is 2.58. The maximum absolute atomic E-state index is 8.79. The highest BCUT2D eigenvalue weighted by Crippen LogP contribution is 2.31. The van der Waals surface area contributed by atoms with Gasteiger partial charge >= 0.3 is 0 Å². The average molecular weight is 242 g/mol. The van der Waals surface area contributed by atoms with E-state index < -0.39 is 0 Å². The largest absolute Gasteiger partial charge is 0.192 e. The van der Waals surface area contributed by atoms with Crippen molar-refractivity contribution in [2.45, 2.75) is 5.88 Å². The lowest BCUT2D eigenvalue weighted by molar-refractivity contribution is 1.50. The van der Waals surface area contributed by atoms with Crippen molar-refractivity contribution in [1.82, 2.24) is 0 Å². The van der Waals surface area contributed by atoms with Gasteiger partial charge in [-0.25, -0.2) is 0 Å². The first kappa shape index (κ1) is 9.79. The number of nitrogens with zero attached hydrogens (tertiary/aromatic N) is 1. The number of alkyl halides is 1. The monoisotopic (exact) mass is 241 g/mol. The number of nitriles is 1. The maximum atomic E-state index is 8.79. The fourth-order valence-electron chi connectivity index (χ4n) is 1.27.